The van der Waals surface area contributed by atoms with Crippen LogP contribution in [0.1, 0.15) is 51.9 Å². The first-order chi connectivity index (χ1) is 10.9. The van der Waals surface area contributed by atoms with Gasteiger partial charge in [-0.05, 0) is 65.3 Å². The summed E-state index contributed by atoms with van der Waals surface area (Å²) in [6.45, 7) is 10.4. The third kappa shape index (κ3) is 7.02. The monoisotopic (exact) mass is 334 g/mol. The Labute approximate surface area is 140 Å². The highest BCUT2D eigenvalue weighted by Gasteiger charge is 2.20. The van der Waals surface area contributed by atoms with Gasteiger partial charge in [0.1, 0.15) is 11.2 Å². The highest BCUT2D eigenvalue weighted by molar-refractivity contribution is 5.94. The molecule has 1 aromatic carbocycles. The number of anilines is 1. The first-order valence-corrected chi connectivity index (χ1v) is 7.33. The van der Waals surface area contributed by atoms with E-state index in [1.54, 1.807) is 41.5 Å². The lowest BCUT2D eigenvalue weighted by atomic mass is 10.1. The number of carbonyl (C=O) groups is 2. The Morgan fingerprint density at radius 1 is 1.04 bits per heavy atom. The number of benzene rings is 1. The molecule has 0 spiro atoms. The van der Waals surface area contributed by atoms with E-state index in [9.17, 15) is 9.59 Å². The summed E-state index contributed by atoms with van der Waals surface area (Å²) in [5, 5.41) is 5.97. The number of azide groups is 1. The largest absolute Gasteiger partial charge is 0.456 e. The molecule has 1 amide bonds. The van der Waals surface area contributed by atoms with Crippen LogP contribution in [-0.2, 0) is 9.47 Å². The number of esters is 1. The molecule has 24 heavy (non-hydrogen) atoms. The van der Waals surface area contributed by atoms with Gasteiger partial charge >= 0.3 is 12.1 Å². The van der Waals surface area contributed by atoms with Crippen LogP contribution in [0.3, 0.4) is 0 Å². The van der Waals surface area contributed by atoms with Crippen LogP contribution in [0.15, 0.2) is 23.3 Å². The average molecular weight is 334 g/mol. The van der Waals surface area contributed by atoms with E-state index in [4.69, 9.17) is 15.0 Å². The summed E-state index contributed by atoms with van der Waals surface area (Å²) < 4.78 is 10.4. The van der Waals surface area contributed by atoms with E-state index in [0.717, 1.165) is 0 Å². The summed E-state index contributed by atoms with van der Waals surface area (Å²) in [4.78, 5) is 26.7. The molecular weight excluding hydrogens is 312 g/mol. The molecule has 130 valence electrons. The van der Waals surface area contributed by atoms with E-state index in [0.29, 0.717) is 0 Å². The second-order valence-corrected chi connectivity index (χ2v) is 7.09. The van der Waals surface area contributed by atoms with Gasteiger partial charge in [0, 0.05) is 16.3 Å². The third-order valence-electron chi connectivity index (χ3n) is 2.36. The molecule has 0 aliphatic carbocycles. The van der Waals surface area contributed by atoms with Gasteiger partial charge in [0.05, 0.1) is 5.56 Å². The maximum Gasteiger partial charge on any atom is 0.412 e. The molecule has 8 nitrogen and oxygen atoms in total. The van der Waals surface area contributed by atoms with Crippen molar-refractivity contribution in [1.29, 1.82) is 0 Å². The van der Waals surface area contributed by atoms with Gasteiger partial charge in [-0.1, -0.05) is 5.11 Å². The van der Waals surface area contributed by atoms with Crippen LogP contribution in [0, 0.1) is 0 Å². The fourth-order valence-electron chi connectivity index (χ4n) is 1.67. The summed E-state index contributed by atoms with van der Waals surface area (Å²) in [7, 11) is 0. The van der Waals surface area contributed by atoms with Crippen LogP contribution in [0.25, 0.3) is 10.4 Å². The Hall–Kier alpha value is -2.73. The van der Waals surface area contributed by atoms with Gasteiger partial charge in [0.15, 0.2) is 0 Å². The zero-order valence-corrected chi connectivity index (χ0v) is 14.7. The van der Waals surface area contributed by atoms with E-state index in [1.165, 1.54) is 18.2 Å². The van der Waals surface area contributed by atoms with E-state index in [1.807, 2.05) is 0 Å². The molecule has 1 aromatic rings. The molecule has 0 aromatic heterocycles. The number of nitrogens with one attached hydrogen (secondary N) is 1. The smallest absolute Gasteiger partial charge is 0.412 e. The number of amides is 1. The summed E-state index contributed by atoms with van der Waals surface area (Å²) in [5.74, 6) is -0.593. The van der Waals surface area contributed by atoms with Crippen molar-refractivity contribution in [3.05, 3.63) is 34.2 Å². The lowest BCUT2D eigenvalue weighted by molar-refractivity contribution is 0.00692. The molecule has 0 radical (unpaired) electrons. The fraction of sp³-hybridized carbons (Fsp3) is 0.500. The Morgan fingerprint density at radius 3 is 2.12 bits per heavy atom. The minimum absolute atomic E-state index is 0.154. The summed E-state index contributed by atoms with van der Waals surface area (Å²) in [5.41, 5.74) is 7.83. The molecule has 0 atom stereocenters. The fourth-order valence-corrected chi connectivity index (χ4v) is 1.67. The highest BCUT2D eigenvalue weighted by Crippen LogP contribution is 2.24. The second-order valence-electron chi connectivity index (χ2n) is 7.09. The van der Waals surface area contributed by atoms with Crippen LogP contribution in [0.4, 0.5) is 16.2 Å². The van der Waals surface area contributed by atoms with Crippen LogP contribution < -0.4 is 5.32 Å². The minimum Gasteiger partial charge on any atom is -0.456 e. The zero-order chi connectivity index (χ0) is 18.5. The van der Waals surface area contributed by atoms with E-state index >= 15 is 0 Å². The summed E-state index contributed by atoms with van der Waals surface area (Å²) in [6, 6.07) is 4.24. The molecule has 0 aliphatic heterocycles. The first kappa shape index (κ1) is 19.3. The van der Waals surface area contributed by atoms with Gasteiger partial charge in [-0.15, -0.1) is 0 Å². The number of ether oxygens (including phenoxy) is 2. The topological polar surface area (TPSA) is 113 Å². The number of hydrogen-bond donors (Lipinski definition) is 1. The van der Waals surface area contributed by atoms with Crippen molar-refractivity contribution in [2.45, 2.75) is 52.7 Å². The molecule has 0 fully saturated rings. The van der Waals surface area contributed by atoms with E-state index in [2.05, 4.69) is 15.3 Å². The van der Waals surface area contributed by atoms with Crippen molar-refractivity contribution in [1.82, 2.24) is 0 Å². The molecule has 0 aliphatic rings. The van der Waals surface area contributed by atoms with Gasteiger partial charge < -0.3 is 9.47 Å². The van der Waals surface area contributed by atoms with Crippen LogP contribution in [-0.4, -0.2) is 23.3 Å². The maximum atomic E-state index is 12.2. The van der Waals surface area contributed by atoms with E-state index in [-0.39, 0.29) is 16.9 Å². The lowest BCUT2D eigenvalue weighted by Crippen LogP contribution is -2.27. The Balaban J connectivity index is 3.10. The predicted octanol–water partition coefficient (Wildman–Crippen LogP) is 4.93. The number of rotatable bonds is 3. The Bertz CT molecular complexity index is 680. The first-order valence-electron chi connectivity index (χ1n) is 7.33. The Morgan fingerprint density at radius 2 is 1.62 bits per heavy atom. The van der Waals surface area contributed by atoms with Gasteiger partial charge in [-0.3, -0.25) is 5.32 Å². The third-order valence-corrected chi connectivity index (χ3v) is 2.36. The van der Waals surface area contributed by atoms with Gasteiger partial charge in [-0.2, -0.15) is 0 Å². The molecule has 0 saturated heterocycles. The number of carbonyl (C=O) groups excluding carboxylic acids is 2. The van der Waals surface area contributed by atoms with Crippen molar-refractivity contribution in [3.63, 3.8) is 0 Å². The van der Waals surface area contributed by atoms with Gasteiger partial charge in [0.2, 0.25) is 0 Å². The highest BCUT2D eigenvalue weighted by atomic mass is 16.6. The molecular formula is C16H22N4O4. The quantitative estimate of drug-likeness (QED) is 0.365. The second kappa shape index (κ2) is 7.23. The summed E-state index contributed by atoms with van der Waals surface area (Å²) in [6.07, 6.45) is -0.685. The minimum atomic E-state index is -0.685. The molecule has 0 bridgehead atoms. The zero-order valence-electron chi connectivity index (χ0n) is 14.7. The van der Waals surface area contributed by atoms with Crippen LogP contribution in [0.5, 0.6) is 0 Å². The standard InChI is InChI=1S/C16H22N4O4/c1-15(2,3)23-13(21)10-7-11(9-12(8-10)19-20-17)18-14(22)24-16(4,5)6/h7-9H,1-6H3,(H,18,22). The van der Waals surface area contributed by atoms with Crippen molar-refractivity contribution in [2.75, 3.05) is 5.32 Å². The molecule has 0 heterocycles. The van der Waals surface area contributed by atoms with Crippen molar-refractivity contribution >= 4 is 23.4 Å². The van der Waals surface area contributed by atoms with Gasteiger partial charge in [-0.25, -0.2) is 9.59 Å². The lowest BCUT2D eigenvalue weighted by Gasteiger charge is -2.21. The van der Waals surface area contributed by atoms with Crippen LogP contribution in [0.2, 0.25) is 0 Å². The Kier molecular flexibility index (Phi) is 5.82. The van der Waals surface area contributed by atoms with Crippen molar-refractivity contribution < 1.29 is 19.1 Å². The SMILES string of the molecule is CC(C)(C)OC(=O)Nc1cc(N=[N+]=[N-])cc(C(=O)OC(C)(C)C)c1. The number of hydrogen-bond acceptors (Lipinski definition) is 5. The van der Waals surface area contributed by atoms with Gasteiger partial charge in [0.25, 0.3) is 0 Å². The maximum absolute atomic E-state index is 12.2. The molecule has 0 unspecified atom stereocenters. The van der Waals surface area contributed by atoms with Crippen LogP contribution >= 0.6 is 0 Å². The molecule has 0 saturated carbocycles. The molecule has 1 N–H and O–H groups in total. The summed E-state index contributed by atoms with van der Waals surface area (Å²) >= 11 is 0. The predicted molar refractivity (Wildman–Crippen MR) is 90.3 cm³/mol. The number of nitrogens with zero attached hydrogens (tertiary/aromatic N) is 3. The average Bonchev–Trinajstić information content (AvgIpc) is 2.34. The van der Waals surface area contributed by atoms with E-state index < -0.39 is 23.3 Å². The molecule has 8 heteroatoms. The van der Waals surface area contributed by atoms with Crippen molar-refractivity contribution in [3.8, 4) is 0 Å². The molecule has 1 rings (SSSR count). The normalized spacial score (nSPS) is 11.2. The van der Waals surface area contributed by atoms with Crippen molar-refractivity contribution in [2.24, 2.45) is 5.11 Å².